The summed E-state index contributed by atoms with van der Waals surface area (Å²) in [4.78, 5) is 0. The van der Waals surface area contributed by atoms with Crippen LogP contribution in [0.25, 0.3) is 11.1 Å². The van der Waals surface area contributed by atoms with Crippen molar-refractivity contribution < 1.29 is 18.6 Å². The number of nitrogens with two attached hydrogens (primary N) is 1. The normalized spacial score (nSPS) is 10.4. The average Bonchev–Trinajstić information content (AvgIpc) is 2.34. The Hall–Kier alpha value is -2.30. The molecule has 0 saturated carbocycles. The summed E-state index contributed by atoms with van der Waals surface area (Å²) in [6.07, 6.45) is 0. The second-order valence-electron chi connectivity index (χ2n) is 3.71. The quantitative estimate of drug-likeness (QED) is 0.637. The maximum Gasteiger partial charge on any atom is 0.175 e. The third-order valence-corrected chi connectivity index (χ3v) is 2.59. The van der Waals surface area contributed by atoms with E-state index in [9.17, 15) is 13.9 Å². The Labute approximate surface area is 102 Å². The number of hydrogen-bond donors (Lipinski definition) is 2. The zero-order valence-electron chi connectivity index (χ0n) is 9.58. The molecule has 94 valence electrons. The first kappa shape index (κ1) is 12.2. The highest BCUT2D eigenvalue weighted by atomic mass is 19.1. The van der Waals surface area contributed by atoms with E-state index in [0.29, 0.717) is 0 Å². The molecular formula is C13H11F2NO2. The predicted octanol–water partition coefficient (Wildman–Crippen LogP) is 2.93. The first-order valence-corrected chi connectivity index (χ1v) is 5.15. The SMILES string of the molecule is COc1ccc(F)c(-c2ccc(N)c(O)c2)c1F. The number of nitrogen functional groups attached to an aromatic ring is 1. The van der Waals surface area contributed by atoms with Crippen LogP contribution in [0.15, 0.2) is 30.3 Å². The summed E-state index contributed by atoms with van der Waals surface area (Å²) in [6, 6.07) is 6.31. The van der Waals surface area contributed by atoms with Crippen LogP contribution >= 0.6 is 0 Å². The Morgan fingerprint density at radius 2 is 1.89 bits per heavy atom. The Morgan fingerprint density at radius 3 is 2.50 bits per heavy atom. The van der Waals surface area contributed by atoms with Gasteiger partial charge in [0.1, 0.15) is 11.6 Å². The molecule has 0 aromatic heterocycles. The second kappa shape index (κ2) is 4.52. The molecule has 0 heterocycles. The van der Waals surface area contributed by atoms with Gasteiger partial charge in [-0.3, -0.25) is 0 Å². The summed E-state index contributed by atoms with van der Waals surface area (Å²) in [5.74, 6) is -1.85. The number of anilines is 1. The molecule has 3 N–H and O–H groups in total. The van der Waals surface area contributed by atoms with Crippen molar-refractivity contribution in [1.82, 2.24) is 0 Å². The van der Waals surface area contributed by atoms with Gasteiger partial charge in [-0.15, -0.1) is 0 Å². The van der Waals surface area contributed by atoms with Crippen molar-refractivity contribution in [3.63, 3.8) is 0 Å². The molecule has 5 heteroatoms. The number of phenolic OH excluding ortho intramolecular Hbond substituents is 1. The van der Waals surface area contributed by atoms with Crippen LogP contribution < -0.4 is 10.5 Å². The molecule has 0 spiro atoms. The zero-order chi connectivity index (χ0) is 13.3. The molecule has 0 aliphatic heterocycles. The summed E-state index contributed by atoms with van der Waals surface area (Å²) in [6.45, 7) is 0. The molecule has 0 bridgehead atoms. The Kier molecular flexibility index (Phi) is 3.06. The van der Waals surface area contributed by atoms with Crippen molar-refractivity contribution >= 4 is 5.69 Å². The lowest BCUT2D eigenvalue weighted by Crippen LogP contribution is -1.95. The van der Waals surface area contributed by atoms with Crippen LogP contribution in [0.1, 0.15) is 0 Å². The first-order valence-electron chi connectivity index (χ1n) is 5.15. The number of benzene rings is 2. The zero-order valence-corrected chi connectivity index (χ0v) is 9.58. The van der Waals surface area contributed by atoms with E-state index in [4.69, 9.17) is 10.5 Å². The molecule has 0 fully saturated rings. The third-order valence-electron chi connectivity index (χ3n) is 2.59. The molecule has 2 aromatic rings. The smallest absolute Gasteiger partial charge is 0.175 e. The van der Waals surface area contributed by atoms with Crippen molar-refractivity contribution in [2.24, 2.45) is 0 Å². The van der Waals surface area contributed by atoms with E-state index in [2.05, 4.69) is 0 Å². The van der Waals surface area contributed by atoms with E-state index in [0.717, 1.165) is 6.07 Å². The summed E-state index contributed by atoms with van der Waals surface area (Å²) in [7, 11) is 1.29. The third kappa shape index (κ3) is 1.95. The number of aromatic hydroxyl groups is 1. The molecule has 0 atom stereocenters. The van der Waals surface area contributed by atoms with Gasteiger partial charge >= 0.3 is 0 Å². The molecule has 18 heavy (non-hydrogen) atoms. The Morgan fingerprint density at radius 1 is 1.17 bits per heavy atom. The monoisotopic (exact) mass is 251 g/mol. The van der Waals surface area contributed by atoms with Crippen LogP contribution in [-0.4, -0.2) is 12.2 Å². The van der Waals surface area contributed by atoms with Crippen LogP contribution in [-0.2, 0) is 0 Å². The number of hydrogen-bond acceptors (Lipinski definition) is 3. The van der Waals surface area contributed by atoms with E-state index in [1.54, 1.807) is 0 Å². The fourth-order valence-electron chi connectivity index (χ4n) is 1.65. The number of halogens is 2. The first-order chi connectivity index (χ1) is 8.54. The summed E-state index contributed by atoms with van der Waals surface area (Å²) < 4.78 is 32.4. The minimum atomic E-state index is -0.818. The number of ether oxygens (including phenoxy) is 1. The minimum absolute atomic E-state index is 0.0669. The van der Waals surface area contributed by atoms with Gasteiger partial charge in [-0.05, 0) is 29.8 Å². The molecule has 0 aliphatic rings. The maximum atomic E-state index is 14.0. The fourth-order valence-corrected chi connectivity index (χ4v) is 1.65. The van der Waals surface area contributed by atoms with Crippen LogP contribution in [0.3, 0.4) is 0 Å². The van der Waals surface area contributed by atoms with Crippen molar-refractivity contribution in [3.05, 3.63) is 42.0 Å². The van der Waals surface area contributed by atoms with Crippen molar-refractivity contribution in [2.45, 2.75) is 0 Å². The van der Waals surface area contributed by atoms with E-state index < -0.39 is 11.6 Å². The van der Waals surface area contributed by atoms with Gasteiger partial charge in [0.2, 0.25) is 0 Å². The number of phenols is 1. The van der Waals surface area contributed by atoms with E-state index >= 15 is 0 Å². The molecule has 0 aliphatic carbocycles. The molecule has 0 amide bonds. The molecule has 0 unspecified atom stereocenters. The van der Waals surface area contributed by atoms with Crippen molar-refractivity contribution in [2.75, 3.05) is 12.8 Å². The molecule has 2 rings (SSSR count). The van der Waals surface area contributed by atoms with Crippen molar-refractivity contribution in [3.8, 4) is 22.6 Å². The van der Waals surface area contributed by atoms with Crippen LogP contribution in [0.2, 0.25) is 0 Å². The highest BCUT2D eigenvalue weighted by Gasteiger charge is 2.16. The maximum absolute atomic E-state index is 14.0. The highest BCUT2D eigenvalue weighted by Crippen LogP contribution is 2.34. The largest absolute Gasteiger partial charge is 0.506 e. The molecule has 2 aromatic carbocycles. The molecular weight excluding hydrogens is 240 g/mol. The molecule has 0 saturated heterocycles. The summed E-state index contributed by atoms with van der Waals surface area (Å²) in [5.41, 5.74) is 5.51. The minimum Gasteiger partial charge on any atom is -0.506 e. The molecule has 0 radical (unpaired) electrons. The van der Waals surface area contributed by atoms with Gasteiger partial charge in [-0.1, -0.05) is 6.07 Å². The highest BCUT2D eigenvalue weighted by molar-refractivity contribution is 5.71. The number of methoxy groups -OCH3 is 1. The lowest BCUT2D eigenvalue weighted by molar-refractivity contribution is 0.385. The lowest BCUT2D eigenvalue weighted by Gasteiger charge is -2.10. The van der Waals surface area contributed by atoms with Gasteiger partial charge < -0.3 is 15.6 Å². The van der Waals surface area contributed by atoms with E-state index in [1.165, 1.54) is 31.4 Å². The van der Waals surface area contributed by atoms with Gasteiger partial charge in [-0.25, -0.2) is 8.78 Å². The van der Waals surface area contributed by atoms with Crippen LogP contribution in [0, 0.1) is 11.6 Å². The molecule has 3 nitrogen and oxygen atoms in total. The van der Waals surface area contributed by atoms with E-state index in [-0.39, 0.29) is 28.3 Å². The summed E-state index contributed by atoms with van der Waals surface area (Å²) >= 11 is 0. The second-order valence-corrected chi connectivity index (χ2v) is 3.71. The average molecular weight is 251 g/mol. The number of rotatable bonds is 2. The Bertz CT molecular complexity index is 600. The van der Waals surface area contributed by atoms with Gasteiger partial charge in [0.05, 0.1) is 18.4 Å². The summed E-state index contributed by atoms with van der Waals surface area (Å²) in [5, 5.41) is 9.47. The fraction of sp³-hybridized carbons (Fsp3) is 0.0769. The van der Waals surface area contributed by atoms with Crippen LogP contribution in [0.5, 0.6) is 11.5 Å². The standard InChI is InChI=1S/C13H11F2NO2/c1-18-11-5-3-8(14)12(13(11)15)7-2-4-9(16)10(17)6-7/h2-6,17H,16H2,1H3. The lowest BCUT2D eigenvalue weighted by atomic mass is 10.0. The van der Waals surface area contributed by atoms with Gasteiger partial charge in [-0.2, -0.15) is 0 Å². The van der Waals surface area contributed by atoms with Crippen LogP contribution in [0.4, 0.5) is 14.5 Å². The van der Waals surface area contributed by atoms with E-state index in [1.807, 2.05) is 0 Å². The van der Waals surface area contributed by atoms with Gasteiger partial charge in [0, 0.05) is 0 Å². The van der Waals surface area contributed by atoms with Crippen molar-refractivity contribution in [1.29, 1.82) is 0 Å². The van der Waals surface area contributed by atoms with Gasteiger partial charge in [0.25, 0.3) is 0 Å². The predicted molar refractivity (Wildman–Crippen MR) is 64.4 cm³/mol. The topological polar surface area (TPSA) is 55.5 Å². The van der Waals surface area contributed by atoms with Gasteiger partial charge in [0.15, 0.2) is 11.6 Å². The Balaban J connectivity index is 2.66.